The third-order valence-electron chi connectivity index (χ3n) is 7.70. The van der Waals surface area contributed by atoms with Crippen LogP contribution in [0, 0.1) is 5.92 Å². The maximum Gasteiger partial charge on any atom is 0.439 e. The van der Waals surface area contributed by atoms with Crippen molar-refractivity contribution in [2.75, 3.05) is 30.0 Å². The van der Waals surface area contributed by atoms with E-state index in [0.29, 0.717) is 54.2 Å². The van der Waals surface area contributed by atoms with E-state index < -0.39 is 17.5 Å². The molecule has 0 amide bonds. The third kappa shape index (κ3) is 5.03. The maximum atomic E-state index is 13.2. The van der Waals surface area contributed by atoms with Crippen molar-refractivity contribution in [2.24, 2.45) is 5.92 Å². The molecule has 2 aliphatic rings. The Kier molecular flexibility index (Phi) is 6.72. The third-order valence-corrected chi connectivity index (χ3v) is 7.70. The monoisotopic (exact) mass is 558 g/mol. The molecule has 0 bridgehead atoms. The summed E-state index contributed by atoms with van der Waals surface area (Å²) >= 11 is 0. The van der Waals surface area contributed by atoms with Gasteiger partial charge in [0.15, 0.2) is 11.5 Å². The highest BCUT2D eigenvalue weighted by atomic mass is 19.4. The Bertz CT molecular complexity index is 1560. The molecule has 1 saturated carbocycles. The van der Waals surface area contributed by atoms with Gasteiger partial charge in [0.25, 0.3) is 0 Å². The van der Waals surface area contributed by atoms with Crippen LogP contribution < -0.4 is 16.0 Å². The summed E-state index contributed by atoms with van der Waals surface area (Å²) in [6.07, 6.45) is -1.04. The second-order valence-electron chi connectivity index (χ2n) is 10.4. The van der Waals surface area contributed by atoms with E-state index in [2.05, 4.69) is 36.8 Å². The number of halogens is 3. The van der Waals surface area contributed by atoms with E-state index in [9.17, 15) is 18.0 Å². The Balaban J connectivity index is 1.51. The molecule has 0 spiro atoms. The fourth-order valence-electron chi connectivity index (χ4n) is 5.21. The molecule has 40 heavy (non-hydrogen) atoms. The van der Waals surface area contributed by atoms with Gasteiger partial charge in [-0.3, -0.25) is 9.51 Å². The van der Waals surface area contributed by atoms with Gasteiger partial charge in [-0.05, 0) is 50.3 Å². The fraction of sp³-hybridized carbons (Fsp3) is 0.500. The second kappa shape index (κ2) is 10.2. The zero-order valence-electron chi connectivity index (χ0n) is 22.0. The number of hydrogen-bond donors (Lipinski definition) is 2. The summed E-state index contributed by atoms with van der Waals surface area (Å²) in [7, 11) is 0. The lowest BCUT2D eigenvalue weighted by atomic mass is 9.80. The summed E-state index contributed by atoms with van der Waals surface area (Å²) in [6, 6.07) is 5.21. The highest BCUT2D eigenvalue weighted by Crippen LogP contribution is 2.35. The molecule has 4 heterocycles. The Morgan fingerprint density at radius 2 is 1.95 bits per heavy atom. The number of nitrogens with one attached hydrogen (secondary N) is 2. The number of imidazole rings is 1. The summed E-state index contributed by atoms with van der Waals surface area (Å²) in [5.41, 5.74) is 0.921. The van der Waals surface area contributed by atoms with Gasteiger partial charge in [0.1, 0.15) is 5.52 Å². The molecule has 11 nitrogen and oxygen atoms in total. The van der Waals surface area contributed by atoms with Crippen LogP contribution in [0.15, 0.2) is 33.6 Å². The smallest absolute Gasteiger partial charge is 0.377 e. The zero-order chi connectivity index (χ0) is 28.0. The molecular weight excluding hydrogens is 529 g/mol. The van der Waals surface area contributed by atoms with Crippen molar-refractivity contribution in [1.29, 1.82) is 0 Å². The molecule has 1 aliphatic heterocycles. The first-order valence-corrected chi connectivity index (χ1v) is 13.3. The average molecular weight is 559 g/mol. The van der Waals surface area contributed by atoms with Crippen molar-refractivity contribution in [3.05, 3.63) is 45.9 Å². The summed E-state index contributed by atoms with van der Waals surface area (Å²) in [6.45, 7) is 5.95. The molecule has 3 aromatic heterocycles. The molecule has 1 aromatic carbocycles. The van der Waals surface area contributed by atoms with Crippen molar-refractivity contribution in [1.82, 2.24) is 29.7 Å². The average Bonchev–Trinajstić information content (AvgIpc) is 3.47. The van der Waals surface area contributed by atoms with Gasteiger partial charge in [-0.2, -0.15) is 18.2 Å². The number of anilines is 2. The van der Waals surface area contributed by atoms with Gasteiger partial charge in [0, 0.05) is 12.6 Å². The first kappa shape index (κ1) is 26.3. The largest absolute Gasteiger partial charge is 0.439 e. The normalized spacial score (nSPS) is 19.1. The van der Waals surface area contributed by atoms with Crippen molar-refractivity contribution in [2.45, 2.75) is 57.9 Å². The Hall–Kier alpha value is -3.94. The van der Waals surface area contributed by atoms with E-state index in [4.69, 9.17) is 14.7 Å². The number of morpholine rings is 1. The van der Waals surface area contributed by atoms with Crippen molar-refractivity contribution in [3.8, 4) is 11.6 Å². The van der Waals surface area contributed by atoms with Crippen molar-refractivity contribution in [3.63, 3.8) is 0 Å². The minimum Gasteiger partial charge on any atom is -0.377 e. The maximum absolute atomic E-state index is 13.2. The molecule has 1 saturated heterocycles. The number of H-pyrrole nitrogens is 1. The van der Waals surface area contributed by atoms with E-state index in [1.54, 1.807) is 0 Å². The predicted molar refractivity (Wildman–Crippen MR) is 140 cm³/mol. The quantitative estimate of drug-likeness (QED) is 0.345. The summed E-state index contributed by atoms with van der Waals surface area (Å²) < 4.78 is 51.9. The van der Waals surface area contributed by atoms with Gasteiger partial charge >= 0.3 is 11.9 Å². The molecule has 4 aromatic rings. The lowest BCUT2D eigenvalue weighted by molar-refractivity contribution is -0.137. The summed E-state index contributed by atoms with van der Waals surface area (Å²) in [4.78, 5) is 30.5. The van der Waals surface area contributed by atoms with Gasteiger partial charge in [-0.25, -0.2) is 14.8 Å². The number of nitrogens with zero attached hydrogens (tertiary/aromatic N) is 6. The minimum atomic E-state index is -4.42. The number of ether oxygens (including phenoxy) is 1. The molecular formula is C26H29F3N8O3. The number of aromatic nitrogens is 6. The summed E-state index contributed by atoms with van der Waals surface area (Å²) in [5.74, 6) is 1.06. The molecule has 0 radical (unpaired) electrons. The van der Waals surface area contributed by atoms with Crippen LogP contribution >= 0.6 is 0 Å². The van der Waals surface area contributed by atoms with Gasteiger partial charge in [0.05, 0.1) is 31.4 Å². The number of alkyl halides is 3. The predicted octanol–water partition coefficient (Wildman–Crippen LogP) is 4.06. The molecule has 1 aliphatic carbocycles. The molecule has 6 rings (SSSR count). The highest BCUT2D eigenvalue weighted by Gasteiger charge is 2.32. The topological polar surface area (TPSA) is 127 Å². The fourth-order valence-corrected chi connectivity index (χ4v) is 5.21. The molecule has 212 valence electrons. The number of aromatic amines is 1. The number of benzene rings is 1. The van der Waals surface area contributed by atoms with E-state index in [-0.39, 0.29) is 30.3 Å². The van der Waals surface area contributed by atoms with Crippen LogP contribution in [0.2, 0.25) is 0 Å². The Labute approximate surface area is 226 Å². The van der Waals surface area contributed by atoms with E-state index in [1.165, 1.54) is 18.6 Å². The van der Waals surface area contributed by atoms with Crippen molar-refractivity contribution >= 4 is 22.9 Å². The SMILES string of the molecule is C[C@@H]1COCCN1c1nc2nc(-c3noc(=O)[nH]3)nc(N[C@H](C)C3CCC3)c2n1Cc1ccc(C(F)(F)F)cc1. The summed E-state index contributed by atoms with van der Waals surface area (Å²) in [5, 5.41) is 7.29. The Morgan fingerprint density at radius 3 is 2.58 bits per heavy atom. The molecule has 2 fully saturated rings. The molecule has 2 N–H and O–H groups in total. The van der Waals surface area contributed by atoms with Gasteiger partial charge in [-0.1, -0.05) is 23.7 Å². The molecule has 2 atom stereocenters. The Morgan fingerprint density at radius 1 is 1.18 bits per heavy atom. The van der Waals surface area contributed by atoms with Crippen LogP contribution in [0.3, 0.4) is 0 Å². The van der Waals surface area contributed by atoms with Crippen LogP contribution in [0.5, 0.6) is 0 Å². The van der Waals surface area contributed by atoms with Crippen LogP contribution in [0.25, 0.3) is 22.8 Å². The van der Waals surface area contributed by atoms with Crippen LogP contribution in [-0.4, -0.2) is 61.5 Å². The van der Waals surface area contributed by atoms with Crippen LogP contribution in [0.4, 0.5) is 24.9 Å². The first-order chi connectivity index (χ1) is 19.2. The number of hydrogen-bond acceptors (Lipinski definition) is 9. The lowest BCUT2D eigenvalue weighted by Gasteiger charge is -2.34. The van der Waals surface area contributed by atoms with E-state index >= 15 is 0 Å². The van der Waals surface area contributed by atoms with Crippen molar-refractivity contribution < 1.29 is 22.4 Å². The van der Waals surface area contributed by atoms with Crippen LogP contribution in [0.1, 0.15) is 44.2 Å². The van der Waals surface area contributed by atoms with Gasteiger partial charge in [-0.15, -0.1) is 0 Å². The molecule has 14 heteroatoms. The van der Waals surface area contributed by atoms with Gasteiger partial charge in [0.2, 0.25) is 17.6 Å². The number of fused-ring (bicyclic) bond motifs is 1. The number of rotatable bonds is 7. The minimum absolute atomic E-state index is 0.00144. The molecule has 0 unspecified atom stereocenters. The highest BCUT2D eigenvalue weighted by molar-refractivity contribution is 5.87. The zero-order valence-corrected chi connectivity index (χ0v) is 22.0. The second-order valence-corrected chi connectivity index (χ2v) is 10.4. The van der Waals surface area contributed by atoms with Gasteiger partial charge < -0.3 is 19.5 Å². The standard InChI is InChI=1S/C26H29F3N8O3/c1-14-13-39-11-10-36(14)24-33-21-19(37(24)12-16-6-8-18(9-7-16)26(27,28)29)20(30-15(2)17-4-3-5-17)31-22(32-21)23-34-25(38)40-35-23/h6-9,14-15,17H,3-5,10-13H2,1-2H3,(H,30,31,32)(H,34,35,38)/t14-,15-/m1/s1. The van der Waals surface area contributed by atoms with E-state index in [0.717, 1.165) is 25.0 Å². The first-order valence-electron chi connectivity index (χ1n) is 13.3. The lowest BCUT2D eigenvalue weighted by Crippen LogP contribution is -2.45. The van der Waals surface area contributed by atoms with Crippen LogP contribution in [-0.2, 0) is 17.5 Å². The van der Waals surface area contributed by atoms with E-state index in [1.807, 2.05) is 11.5 Å².